The van der Waals surface area contributed by atoms with Crippen molar-refractivity contribution in [2.45, 2.75) is 12.5 Å². The predicted octanol–water partition coefficient (Wildman–Crippen LogP) is 2.96. The van der Waals surface area contributed by atoms with Crippen LogP contribution in [0, 0.1) is 11.8 Å². The standard InChI is InChI=1S/C18H18O3/c1-18(19,15-7-5-4-6-8-15)10-9-14-11-16(20-2)13-17(12-14)21-3/h4-8,11-13,19H,1-3H3. The summed E-state index contributed by atoms with van der Waals surface area (Å²) in [6.45, 7) is 1.67. The van der Waals surface area contributed by atoms with E-state index in [-0.39, 0.29) is 0 Å². The average molecular weight is 282 g/mol. The van der Waals surface area contributed by atoms with Crippen molar-refractivity contribution in [1.29, 1.82) is 0 Å². The lowest BCUT2D eigenvalue weighted by Gasteiger charge is -2.16. The molecule has 2 aromatic rings. The first-order chi connectivity index (χ1) is 10.0. The third-order valence-electron chi connectivity index (χ3n) is 3.14. The van der Waals surface area contributed by atoms with Gasteiger partial charge in [0.05, 0.1) is 14.2 Å². The lowest BCUT2D eigenvalue weighted by Crippen LogP contribution is -2.18. The molecule has 108 valence electrons. The van der Waals surface area contributed by atoms with E-state index >= 15 is 0 Å². The van der Waals surface area contributed by atoms with Gasteiger partial charge in [0.25, 0.3) is 0 Å². The van der Waals surface area contributed by atoms with E-state index in [1.807, 2.05) is 30.3 Å². The molecule has 0 aliphatic rings. The minimum atomic E-state index is -1.21. The summed E-state index contributed by atoms with van der Waals surface area (Å²) in [7, 11) is 3.18. The van der Waals surface area contributed by atoms with Gasteiger partial charge < -0.3 is 14.6 Å². The first-order valence-corrected chi connectivity index (χ1v) is 6.59. The van der Waals surface area contributed by atoms with Gasteiger partial charge in [-0.05, 0) is 24.6 Å². The van der Waals surface area contributed by atoms with Crippen molar-refractivity contribution in [2.24, 2.45) is 0 Å². The summed E-state index contributed by atoms with van der Waals surface area (Å²) in [5, 5.41) is 10.5. The highest BCUT2D eigenvalue weighted by atomic mass is 16.5. The fourth-order valence-electron chi connectivity index (χ4n) is 1.91. The molecule has 0 heterocycles. The van der Waals surface area contributed by atoms with Crippen molar-refractivity contribution < 1.29 is 14.6 Å². The number of hydrogen-bond donors (Lipinski definition) is 1. The van der Waals surface area contributed by atoms with Crippen LogP contribution in [0.5, 0.6) is 11.5 Å². The molecule has 21 heavy (non-hydrogen) atoms. The van der Waals surface area contributed by atoms with E-state index in [1.54, 1.807) is 39.3 Å². The Morgan fingerprint density at radius 3 is 2.05 bits per heavy atom. The second-order valence-electron chi connectivity index (χ2n) is 4.79. The summed E-state index contributed by atoms with van der Waals surface area (Å²) in [6.07, 6.45) is 0. The van der Waals surface area contributed by atoms with Crippen LogP contribution in [-0.2, 0) is 5.60 Å². The van der Waals surface area contributed by atoms with E-state index in [9.17, 15) is 5.11 Å². The molecule has 2 aromatic carbocycles. The molecule has 0 amide bonds. The Morgan fingerprint density at radius 2 is 1.52 bits per heavy atom. The molecule has 0 radical (unpaired) electrons. The number of methoxy groups -OCH3 is 2. The normalized spacial score (nSPS) is 12.8. The van der Waals surface area contributed by atoms with Gasteiger partial charge in [-0.15, -0.1) is 0 Å². The van der Waals surface area contributed by atoms with Crippen LogP contribution in [0.4, 0.5) is 0 Å². The summed E-state index contributed by atoms with van der Waals surface area (Å²) in [5.41, 5.74) is 0.271. The molecular formula is C18H18O3. The Balaban J connectivity index is 2.34. The zero-order valence-electron chi connectivity index (χ0n) is 12.4. The fourth-order valence-corrected chi connectivity index (χ4v) is 1.91. The summed E-state index contributed by atoms with van der Waals surface area (Å²) in [6, 6.07) is 14.7. The van der Waals surface area contributed by atoms with Crippen molar-refractivity contribution in [3.05, 3.63) is 59.7 Å². The lowest BCUT2D eigenvalue weighted by atomic mass is 9.96. The van der Waals surface area contributed by atoms with Crippen molar-refractivity contribution >= 4 is 0 Å². The van der Waals surface area contributed by atoms with Gasteiger partial charge in [-0.25, -0.2) is 0 Å². The average Bonchev–Trinajstić information content (AvgIpc) is 2.53. The van der Waals surface area contributed by atoms with Crippen molar-refractivity contribution in [2.75, 3.05) is 14.2 Å². The fraction of sp³-hybridized carbons (Fsp3) is 0.222. The quantitative estimate of drug-likeness (QED) is 0.880. The zero-order chi connectivity index (χ0) is 15.3. The Morgan fingerprint density at radius 1 is 0.952 bits per heavy atom. The second kappa shape index (κ2) is 6.34. The van der Waals surface area contributed by atoms with Crippen LogP contribution < -0.4 is 9.47 Å². The number of rotatable bonds is 3. The maximum Gasteiger partial charge on any atom is 0.148 e. The van der Waals surface area contributed by atoms with Gasteiger partial charge in [0.15, 0.2) is 0 Å². The molecule has 0 aliphatic heterocycles. The number of ether oxygens (including phenoxy) is 2. The minimum absolute atomic E-state index is 0.665. The molecule has 0 aliphatic carbocycles. The van der Waals surface area contributed by atoms with Crippen LogP contribution in [0.2, 0.25) is 0 Å². The van der Waals surface area contributed by atoms with Crippen LogP contribution in [0.15, 0.2) is 48.5 Å². The van der Waals surface area contributed by atoms with Gasteiger partial charge in [-0.3, -0.25) is 0 Å². The smallest absolute Gasteiger partial charge is 0.148 e. The monoisotopic (exact) mass is 282 g/mol. The lowest BCUT2D eigenvalue weighted by molar-refractivity contribution is 0.122. The van der Waals surface area contributed by atoms with E-state index in [0.29, 0.717) is 11.5 Å². The third kappa shape index (κ3) is 3.77. The van der Waals surface area contributed by atoms with Crippen LogP contribution in [0.3, 0.4) is 0 Å². The molecule has 0 spiro atoms. The maximum absolute atomic E-state index is 10.5. The molecule has 0 aromatic heterocycles. The molecular weight excluding hydrogens is 264 g/mol. The highest BCUT2D eigenvalue weighted by Gasteiger charge is 2.19. The van der Waals surface area contributed by atoms with Crippen molar-refractivity contribution in [3.8, 4) is 23.3 Å². The molecule has 3 nitrogen and oxygen atoms in total. The molecule has 0 saturated heterocycles. The van der Waals surface area contributed by atoms with E-state index in [0.717, 1.165) is 11.1 Å². The summed E-state index contributed by atoms with van der Waals surface area (Å²) in [5.74, 6) is 7.19. The van der Waals surface area contributed by atoms with Gasteiger partial charge in [0, 0.05) is 11.6 Å². The summed E-state index contributed by atoms with van der Waals surface area (Å²) < 4.78 is 10.4. The highest BCUT2D eigenvalue weighted by molar-refractivity contribution is 5.47. The van der Waals surface area contributed by atoms with E-state index in [2.05, 4.69) is 11.8 Å². The Bertz CT molecular complexity index is 642. The maximum atomic E-state index is 10.5. The molecule has 1 atom stereocenters. The summed E-state index contributed by atoms with van der Waals surface area (Å²) >= 11 is 0. The van der Waals surface area contributed by atoms with Crippen LogP contribution in [-0.4, -0.2) is 19.3 Å². The van der Waals surface area contributed by atoms with E-state index in [1.165, 1.54) is 0 Å². The van der Waals surface area contributed by atoms with Crippen LogP contribution in [0.1, 0.15) is 18.1 Å². The van der Waals surface area contributed by atoms with Gasteiger partial charge in [0.1, 0.15) is 17.1 Å². The molecule has 0 saturated carbocycles. The Kier molecular flexibility index (Phi) is 4.52. The number of hydrogen-bond acceptors (Lipinski definition) is 3. The molecule has 0 bridgehead atoms. The second-order valence-corrected chi connectivity index (χ2v) is 4.79. The number of benzene rings is 2. The van der Waals surface area contributed by atoms with Crippen molar-refractivity contribution in [3.63, 3.8) is 0 Å². The largest absolute Gasteiger partial charge is 0.497 e. The van der Waals surface area contributed by atoms with Gasteiger partial charge >= 0.3 is 0 Å². The Labute approximate surface area is 125 Å². The van der Waals surface area contributed by atoms with Crippen LogP contribution >= 0.6 is 0 Å². The Hall–Kier alpha value is -2.44. The van der Waals surface area contributed by atoms with Crippen LogP contribution in [0.25, 0.3) is 0 Å². The summed E-state index contributed by atoms with van der Waals surface area (Å²) in [4.78, 5) is 0. The first-order valence-electron chi connectivity index (χ1n) is 6.59. The molecule has 2 rings (SSSR count). The van der Waals surface area contributed by atoms with Gasteiger partial charge in [0.2, 0.25) is 0 Å². The van der Waals surface area contributed by atoms with Gasteiger partial charge in [-0.2, -0.15) is 0 Å². The topological polar surface area (TPSA) is 38.7 Å². The predicted molar refractivity (Wildman–Crippen MR) is 82.4 cm³/mol. The highest BCUT2D eigenvalue weighted by Crippen LogP contribution is 2.23. The molecule has 1 unspecified atom stereocenters. The molecule has 3 heteroatoms. The SMILES string of the molecule is COc1cc(C#CC(C)(O)c2ccccc2)cc(OC)c1. The number of aliphatic hydroxyl groups is 1. The minimum Gasteiger partial charge on any atom is -0.497 e. The molecule has 0 fully saturated rings. The van der Waals surface area contributed by atoms with E-state index in [4.69, 9.17) is 9.47 Å². The first kappa shape index (κ1) is 15.0. The van der Waals surface area contributed by atoms with Gasteiger partial charge in [-0.1, -0.05) is 42.2 Å². The van der Waals surface area contributed by atoms with Crippen molar-refractivity contribution in [1.82, 2.24) is 0 Å². The third-order valence-corrected chi connectivity index (χ3v) is 3.14. The molecule has 1 N–H and O–H groups in total. The zero-order valence-corrected chi connectivity index (χ0v) is 12.4. The van der Waals surface area contributed by atoms with E-state index < -0.39 is 5.60 Å².